The van der Waals surface area contributed by atoms with E-state index in [2.05, 4.69) is 17.3 Å². The SMILES string of the molecule is CCSCCC(C)Nc1c([N+](=O)[O-])c(C)nn1C. The van der Waals surface area contributed by atoms with Crippen LogP contribution in [-0.2, 0) is 7.05 Å². The van der Waals surface area contributed by atoms with Crippen LogP contribution in [0.5, 0.6) is 0 Å². The summed E-state index contributed by atoms with van der Waals surface area (Å²) in [5, 5.41) is 18.3. The van der Waals surface area contributed by atoms with Gasteiger partial charge in [-0.15, -0.1) is 0 Å². The van der Waals surface area contributed by atoms with Crippen LogP contribution >= 0.6 is 11.8 Å². The Hall–Kier alpha value is -1.24. The van der Waals surface area contributed by atoms with E-state index < -0.39 is 0 Å². The van der Waals surface area contributed by atoms with Gasteiger partial charge in [-0.25, -0.2) is 4.68 Å². The maximum absolute atomic E-state index is 11.0. The Kier molecular flexibility index (Phi) is 5.46. The summed E-state index contributed by atoms with van der Waals surface area (Å²) in [7, 11) is 1.72. The molecule has 1 heterocycles. The first-order chi connectivity index (χ1) is 8.47. The zero-order chi connectivity index (χ0) is 13.7. The summed E-state index contributed by atoms with van der Waals surface area (Å²) in [5.41, 5.74) is 0.521. The second kappa shape index (κ2) is 6.63. The summed E-state index contributed by atoms with van der Waals surface area (Å²) < 4.78 is 1.54. The van der Waals surface area contributed by atoms with Crippen molar-refractivity contribution in [1.29, 1.82) is 0 Å². The van der Waals surface area contributed by atoms with Crippen LogP contribution in [0, 0.1) is 17.0 Å². The van der Waals surface area contributed by atoms with Crippen LogP contribution in [0.25, 0.3) is 0 Å². The molecule has 7 heteroatoms. The highest BCUT2D eigenvalue weighted by molar-refractivity contribution is 7.99. The standard InChI is InChI=1S/C11H20N4O2S/c1-5-18-7-6-8(2)12-11-10(15(16)17)9(3)13-14(11)4/h8,12H,5-7H2,1-4H3. The van der Waals surface area contributed by atoms with Crippen molar-refractivity contribution in [3.63, 3.8) is 0 Å². The van der Waals surface area contributed by atoms with Gasteiger partial charge in [0.25, 0.3) is 0 Å². The molecule has 0 spiro atoms. The number of thioether (sulfide) groups is 1. The Balaban J connectivity index is 2.74. The molecule has 1 rings (SSSR count). The molecule has 0 aliphatic rings. The first-order valence-electron chi connectivity index (χ1n) is 5.99. The number of nitrogens with one attached hydrogen (secondary N) is 1. The van der Waals surface area contributed by atoms with Crippen LogP contribution in [0.4, 0.5) is 11.5 Å². The highest BCUT2D eigenvalue weighted by Crippen LogP contribution is 2.28. The number of hydrogen-bond donors (Lipinski definition) is 1. The molecule has 0 saturated carbocycles. The zero-order valence-corrected chi connectivity index (χ0v) is 12.1. The molecule has 0 saturated heterocycles. The van der Waals surface area contributed by atoms with Crippen molar-refractivity contribution in [2.45, 2.75) is 33.2 Å². The molecule has 0 aromatic carbocycles. The van der Waals surface area contributed by atoms with E-state index in [0.29, 0.717) is 11.5 Å². The molecule has 0 amide bonds. The molecule has 1 aromatic rings. The Bertz CT molecular complexity index is 419. The summed E-state index contributed by atoms with van der Waals surface area (Å²) in [4.78, 5) is 10.6. The molecule has 0 aliphatic carbocycles. The van der Waals surface area contributed by atoms with Crippen molar-refractivity contribution < 1.29 is 4.92 Å². The number of aryl methyl sites for hydroxylation is 2. The molecule has 1 unspecified atom stereocenters. The molecule has 1 N–H and O–H groups in total. The van der Waals surface area contributed by atoms with Gasteiger partial charge >= 0.3 is 5.69 Å². The number of aromatic nitrogens is 2. The van der Waals surface area contributed by atoms with Crippen LogP contribution in [0.15, 0.2) is 0 Å². The van der Waals surface area contributed by atoms with E-state index in [-0.39, 0.29) is 16.7 Å². The van der Waals surface area contributed by atoms with E-state index in [4.69, 9.17) is 0 Å². The molecule has 1 atom stereocenters. The molecular weight excluding hydrogens is 252 g/mol. The molecule has 0 fully saturated rings. The van der Waals surface area contributed by atoms with Crippen molar-refractivity contribution >= 4 is 23.3 Å². The molecular formula is C11H20N4O2S. The average molecular weight is 272 g/mol. The van der Waals surface area contributed by atoms with Crippen molar-refractivity contribution in [3.05, 3.63) is 15.8 Å². The topological polar surface area (TPSA) is 73.0 Å². The Labute approximate surface area is 111 Å². The lowest BCUT2D eigenvalue weighted by Crippen LogP contribution is -2.19. The number of nitro groups is 1. The Morgan fingerprint density at radius 1 is 1.61 bits per heavy atom. The van der Waals surface area contributed by atoms with Gasteiger partial charge in [-0.3, -0.25) is 10.1 Å². The molecule has 18 heavy (non-hydrogen) atoms. The lowest BCUT2D eigenvalue weighted by Gasteiger charge is -2.14. The third-order valence-corrected chi connectivity index (χ3v) is 3.59. The maximum atomic E-state index is 11.0. The number of rotatable bonds is 7. The minimum Gasteiger partial charge on any atom is -0.362 e. The predicted molar refractivity (Wildman–Crippen MR) is 75.3 cm³/mol. The zero-order valence-electron chi connectivity index (χ0n) is 11.3. The molecule has 0 aliphatic heterocycles. The first kappa shape index (κ1) is 14.8. The Morgan fingerprint density at radius 2 is 2.28 bits per heavy atom. The van der Waals surface area contributed by atoms with Crippen LogP contribution in [0.1, 0.15) is 26.0 Å². The van der Waals surface area contributed by atoms with Crippen LogP contribution in [0.3, 0.4) is 0 Å². The van der Waals surface area contributed by atoms with E-state index >= 15 is 0 Å². The van der Waals surface area contributed by atoms with E-state index in [1.54, 1.807) is 14.0 Å². The second-order valence-corrected chi connectivity index (χ2v) is 5.59. The lowest BCUT2D eigenvalue weighted by atomic mass is 10.2. The van der Waals surface area contributed by atoms with E-state index in [1.807, 2.05) is 18.7 Å². The Morgan fingerprint density at radius 3 is 2.83 bits per heavy atom. The van der Waals surface area contributed by atoms with Gasteiger partial charge in [-0.05, 0) is 31.8 Å². The molecule has 102 valence electrons. The van der Waals surface area contributed by atoms with Crippen LogP contribution < -0.4 is 5.32 Å². The fourth-order valence-corrected chi connectivity index (χ4v) is 2.55. The highest BCUT2D eigenvalue weighted by atomic mass is 32.2. The minimum atomic E-state index is -0.377. The predicted octanol–water partition coefficient (Wildman–Crippen LogP) is 2.58. The van der Waals surface area contributed by atoms with Gasteiger partial charge in [0, 0.05) is 13.1 Å². The quantitative estimate of drug-likeness (QED) is 0.469. The minimum absolute atomic E-state index is 0.0764. The van der Waals surface area contributed by atoms with Crippen molar-refractivity contribution in [2.24, 2.45) is 7.05 Å². The fourth-order valence-electron chi connectivity index (χ4n) is 1.74. The highest BCUT2D eigenvalue weighted by Gasteiger charge is 2.24. The van der Waals surface area contributed by atoms with Crippen molar-refractivity contribution in [1.82, 2.24) is 9.78 Å². The average Bonchev–Trinajstić information content (AvgIpc) is 2.54. The molecule has 6 nitrogen and oxygen atoms in total. The van der Waals surface area contributed by atoms with Gasteiger partial charge in [-0.1, -0.05) is 6.92 Å². The van der Waals surface area contributed by atoms with Gasteiger partial charge in [0.2, 0.25) is 5.82 Å². The summed E-state index contributed by atoms with van der Waals surface area (Å²) in [6.45, 7) is 5.81. The second-order valence-electron chi connectivity index (χ2n) is 4.19. The summed E-state index contributed by atoms with van der Waals surface area (Å²) in [5.74, 6) is 2.64. The maximum Gasteiger partial charge on any atom is 0.333 e. The molecule has 0 radical (unpaired) electrons. The number of nitrogens with zero attached hydrogens (tertiary/aromatic N) is 3. The van der Waals surface area contributed by atoms with Gasteiger partial charge in [0.1, 0.15) is 5.69 Å². The van der Waals surface area contributed by atoms with Crippen LogP contribution in [0.2, 0.25) is 0 Å². The number of hydrogen-bond acceptors (Lipinski definition) is 5. The van der Waals surface area contributed by atoms with E-state index in [1.165, 1.54) is 4.68 Å². The van der Waals surface area contributed by atoms with Gasteiger partial charge < -0.3 is 5.32 Å². The van der Waals surface area contributed by atoms with E-state index in [0.717, 1.165) is 17.9 Å². The van der Waals surface area contributed by atoms with Crippen molar-refractivity contribution in [2.75, 3.05) is 16.8 Å². The molecule has 1 aromatic heterocycles. The third kappa shape index (κ3) is 3.63. The summed E-state index contributed by atoms with van der Waals surface area (Å²) in [6.07, 6.45) is 0.972. The van der Waals surface area contributed by atoms with Gasteiger partial charge in [0.05, 0.1) is 4.92 Å². The van der Waals surface area contributed by atoms with Gasteiger partial charge in [-0.2, -0.15) is 16.9 Å². The molecule has 0 bridgehead atoms. The number of anilines is 1. The summed E-state index contributed by atoms with van der Waals surface area (Å²) >= 11 is 1.87. The van der Waals surface area contributed by atoms with Gasteiger partial charge in [0.15, 0.2) is 0 Å². The van der Waals surface area contributed by atoms with Crippen LogP contribution in [-0.4, -0.2) is 32.3 Å². The normalized spacial score (nSPS) is 12.4. The monoisotopic (exact) mass is 272 g/mol. The first-order valence-corrected chi connectivity index (χ1v) is 7.15. The lowest BCUT2D eigenvalue weighted by molar-refractivity contribution is -0.384. The third-order valence-electron chi connectivity index (χ3n) is 2.66. The van der Waals surface area contributed by atoms with Crippen molar-refractivity contribution in [3.8, 4) is 0 Å². The fraction of sp³-hybridized carbons (Fsp3) is 0.727. The summed E-state index contributed by atoms with van der Waals surface area (Å²) in [6, 6.07) is 0.192. The van der Waals surface area contributed by atoms with E-state index in [9.17, 15) is 10.1 Å². The largest absolute Gasteiger partial charge is 0.362 e. The smallest absolute Gasteiger partial charge is 0.333 e.